The molecule has 0 saturated carbocycles. The molecule has 2 nitrogen and oxygen atoms in total. The quantitative estimate of drug-likeness (QED) is 0.711. The first-order valence-electron chi connectivity index (χ1n) is 4.64. The molecular weight excluding hydrogens is 225 g/mol. The van der Waals surface area contributed by atoms with Gasteiger partial charge in [0.05, 0.1) is 0 Å². The van der Waals surface area contributed by atoms with Crippen molar-refractivity contribution in [1.29, 1.82) is 0 Å². The average molecular weight is 242 g/mol. The van der Waals surface area contributed by atoms with E-state index < -0.39 is 26.9 Å². The summed E-state index contributed by atoms with van der Waals surface area (Å²) in [5.74, 6) is -1.45. The Morgan fingerprint density at radius 2 is 1.60 bits per heavy atom. The van der Waals surface area contributed by atoms with Gasteiger partial charge in [0, 0.05) is 0 Å². The van der Waals surface area contributed by atoms with Crippen molar-refractivity contribution in [3.8, 4) is 0 Å². The summed E-state index contributed by atoms with van der Waals surface area (Å²) >= 11 is 0. The minimum atomic E-state index is -3.32. The van der Waals surface area contributed by atoms with E-state index in [1.807, 2.05) is 20.8 Å². The van der Waals surface area contributed by atoms with Crippen molar-refractivity contribution in [2.45, 2.75) is 51.5 Å². The molecule has 0 aromatic carbocycles. The number of halogens is 3. The number of carbonyl (C=O) groups excluding carboxylic acids is 1. The minimum Gasteiger partial charge on any atom is -0.517 e. The number of hydrogen-bond donors (Lipinski definition) is 0. The van der Waals surface area contributed by atoms with Crippen molar-refractivity contribution in [2.24, 2.45) is 0 Å². The monoisotopic (exact) mass is 242 g/mol. The molecule has 1 unspecified atom stereocenters. The molecule has 0 aliphatic rings. The van der Waals surface area contributed by atoms with Crippen LogP contribution in [-0.4, -0.2) is 26.9 Å². The maximum absolute atomic E-state index is 12.6. The summed E-state index contributed by atoms with van der Waals surface area (Å²) < 4.78 is 41.3. The molecular formula is C9H17F3O2Si. The van der Waals surface area contributed by atoms with E-state index in [-0.39, 0.29) is 5.04 Å². The second-order valence-electron chi connectivity index (χ2n) is 4.92. The normalized spacial score (nSPS) is 15.3. The molecule has 0 aromatic rings. The smallest absolute Gasteiger partial charge is 0.333 e. The molecule has 0 spiro atoms. The highest BCUT2D eigenvalue weighted by Gasteiger charge is 2.43. The van der Waals surface area contributed by atoms with Crippen molar-refractivity contribution >= 4 is 14.3 Å². The van der Waals surface area contributed by atoms with E-state index in [1.54, 1.807) is 13.1 Å². The van der Waals surface area contributed by atoms with Gasteiger partial charge in [0.1, 0.15) is 0 Å². The van der Waals surface area contributed by atoms with Gasteiger partial charge in [-0.3, -0.25) is 0 Å². The minimum absolute atomic E-state index is 0.315. The van der Waals surface area contributed by atoms with Gasteiger partial charge in [-0.05, 0) is 18.1 Å². The number of carbonyl (C=O) groups is 1. The highest BCUT2D eigenvalue weighted by atomic mass is 28.4. The molecule has 0 N–H and O–H groups in total. The Bertz CT molecular complexity index is 236. The SMILES string of the molecule is CC(C)(C)[Si](C)(C)OC(=O)C(F)C(F)F. The summed E-state index contributed by atoms with van der Waals surface area (Å²) in [6.07, 6.45) is -6.15. The fraction of sp³-hybridized carbons (Fsp3) is 0.889. The lowest BCUT2D eigenvalue weighted by Crippen LogP contribution is -2.45. The Morgan fingerprint density at radius 1 is 1.20 bits per heavy atom. The molecule has 0 rings (SSSR count). The van der Waals surface area contributed by atoms with Gasteiger partial charge in [-0.25, -0.2) is 18.0 Å². The van der Waals surface area contributed by atoms with Crippen LogP contribution in [0.5, 0.6) is 0 Å². The van der Waals surface area contributed by atoms with Gasteiger partial charge < -0.3 is 4.43 Å². The van der Waals surface area contributed by atoms with Crippen LogP contribution in [-0.2, 0) is 9.22 Å². The third kappa shape index (κ3) is 3.85. The zero-order valence-electron chi connectivity index (χ0n) is 9.61. The third-order valence-electron chi connectivity index (χ3n) is 2.61. The molecule has 6 heteroatoms. The summed E-state index contributed by atoms with van der Waals surface area (Å²) in [6, 6.07) is 0. The van der Waals surface area contributed by atoms with Crippen LogP contribution < -0.4 is 0 Å². The van der Waals surface area contributed by atoms with Crippen LogP contribution in [0.15, 0.2) is 0 Å². The Labute approximate surface area is 88.9 Å². The predicted octanol–water partition coefficient (Wildman–Crippen LogP) is 3.14. The van der Waals surface area contributed by atoms with E-state index in [9.17, 15) is 18.0 Å². The highest BCUT2D eigenvalue weighted by Crippen LogP contribution is 2.37. The van der Waals surface area contributed by atoms with Gasteiger partial charge in [-0.15, -0.1) is 0 Å². The number of rotatable bonds is 3. The van der Waals surface area contributed by atoms with Gasteiger partial charge in [-0.2, -0.15) is 0 Å². The molecule has 0 aliphatic carbocycles. The lowest BCUT2D eigenvalue weighted by Gasteiger charge is -2.35. The van der Waals surface area contributed by atoms with Crippen LogP contribution in [0, 0.1) is 0 Å². The Kier molecular flexibility index (Phi) is 4.39. The first kappa shape index (κ1) is 14.5. The highest BCUT2D eigenvalue weighted by molar-refractivity contribution is 6.75. The van der Waals surface area contributed by atoms with Crippen molar-refractivity contribution in [3.63, 3.8) is 0 Å². The average Bonchev–Trinajstić information content (AvgIpc) is 1.99. The van der Waals surface area contributed by atoms with Crippen molar-refractivity contribution in [1.82, 2.24) is 0 Å². The number of alkyl halides is 3. The van der Waals surface area contributed by atoms with Crippen LogP contribution in [0.3, 0.4) is 0 Å². The van der Waals surface area contributed by atoms with E-state index >= 15 is 0 Å². The fourth-order valence-corrected chi connectivity index (χ4v) is 1.49. The molecule has 0 fully saturated rings. The molecule has 0 aliphatic heterocycles. The van der Waals surface area contributed by atoms with Gasteiger partial charge in [0.2, 0.25) is 0 Å². The molecule has 1 atom stereocenters. The van der Waals surface area contributed by atoms with Crippen LogP contribution in [0.1, 0.15) is 20.8 Å². The van der Waals surface area contributed by atoms with Gasteiger partial charge in [0.15, 0.2) is 0 Å². The standard InChI is InChI=1S/C9H17F3O2Si/c1-9(2,3)15(4,5)14-8(13)6(10)7(11)12/h6-7H,1-5H3. The van der Waals surface area contributed by atoms with E-state index in [1.165, 1.54) is 0 Å². The van der Waals surface area contributed by atoms with Crippen molar-refractivity contribution in [3.05, 3.63) is 0 Å². The fourth-order valence-electron chi connectivity index (χ4n) is 0.564. The van der Waals surface area contributed by atoms with Crippen LogP contribution in [0.4, 0.5) is 13.2 Å². The molecule has 0 aromatic heterocycles. The predicted molar refractivity (Wildman–Crippen MR) is 54.2 cm³/mol. The maximum atomic E-state index is 12.6. The van der Waals surface area contributed by atoms with E-state index in [2.05, 4.69) is 0 Å². The zero-order chi connectivity index (χ0) is 12.4. The zero-order valence-corrected chi connectivity index (χ0v) is 10.6. The molecule has 0 bridgehead atoms. The maximum Gasteiger partial charge on any atom is 0.333 e. The van der Waals surface area contributed by atoms with Gasteiger partial charge >= 0.3 is 5.97 Å². The first-order valence-corrected chi connectivity index (χ1v) is 7.55. The summed E-state index contributed by atoms with van der Waals surface area (Å²) in [7, 11) is -2.50. The van der Waals surface area contributed by atoms with Gasteiger partial charge in [0.25, 0.3) is 20.9 Å². The Balaban J connectivity index is 4.55. The number of hydrogen-bond acceptors (Lipinski definition) is 2. The second-order valence-corrected chi connectivity index (χ2v) is 9.64. The third-order valence-corrected chi connectivity index (χ3v) is 6.93. The van der Waals surface area contributed by atoms with E-state index in [0.29, 0.717) is 0 Å². The van der Waals surface area contributed by atoms with E-state index in [0.717, 1.165) is 0 Å². The largest absolute Gasteiger partial charge is 0.517 e. The second kappa shape index (κ2) is 4.55. The molecule has 0 radical (unpaired) electrons. The molecule has 0 amide bonds. The van der Waals surface area contributed by atoms with Crippen LogP contribution in [0.2, 0.25) is 18.1 Å². The summed E-state index contributed by atoms with van der Waals surface area (Å²) in [5, 5.41) is -0.315. The topological polar surface area (TPSA) is 26.3 Å². The first-order chi connectivity index (χ1) is 6.49. The Hall–Kier alpha value is -0.523. The lowest BCUT2D eigenvalue weighted by atomic mass is 10.2. The van der Waals surface area contributed by atoms with Crippen LogP contribution >= 0.6 is 0 Å². The molecule has 90 valence electrons. The van der Waals surface area contributed by atoms with Crippen molar-refractivity contribution in [2.75, 3.05) is 0 Å². The van der Waals surface area contributed by atoms with E-state index in [4.69, 9.17) is 4.43 Å². The molecule has 15 heavy (non-hydrogen) atoms. The summed E-state index contributed by atoms with van der Waals surface area (Å²) in [4.78, 5) is 11.0. The summed E-state index contributed by atoms with van der Waals surface area (Å²) in [5.41, 5.74) is 0. The molecule has 0 heterocycles. The Morgan fingerprint density at radius 3 is 1.87 bits per heavy atom. The lowest BCUT2D eigenvalue weighted by molar-refractivity contribution is -0.146. The summed E-state index contributed by atoms with van der Waals surface area (Å²) in [6.45, 7) is 8.90. The van der Waals surface area contributed by atoms with Crippen molar-refractivity contribution < 1.29 is 22.4 Å². The molecule has 0 saturated heterocycles. The van der Waals surface area contributed by atoms with Gasteiger partial charge in [-0.1, -0.05) is 20.8 Å². The van der Waals surface area contributed by atoms with Crippen LogP contribution in [0.25, 0.3) is 0 Å².